The third kappa shape index (κ3) is 1.80. The van der Waals surface area contributed by atoms with E-state index >= 15 is 0 Å². The Kier molecular flexibility index (Phi) is 3.37. The van der Waals surface area contributed by atoms with E-state index in [0.29, 0.717) is 5.12 Å². The summed E-state index contributed by atoms with van der Waals surface area (Å²) in [5.41, 5.74) is -0.109. The van der Waals surface area contributed by atoms with Crippen molar-refractivity contribution in [3.63, 3.8) is 0 Å². The van der Waals surface area contributed by atoms with Gasteiger partial charge in [-0.15, -0.1) is 0 Å². The molecule has 0 spiro atoms. The van der Waals surface area contributed by atoms with Crippen molar-refractivity contribution in [2.75, 3.05) is 13.7 Å². The number of rotatable bonds is 4. The Bertz CT molecular complexity index is 355. The Hall–Kier alpha value is -1.78. The molecular formula is C6H11N5O5. The molecule has 1 heterocycles. The highest BCUT2D eigenvalue weighted by molar-refractivity contribution is 5.15. The van der Waals surface area contributed by atoms with Crippen molar-refractivity contribution in [2.45, 2.75) is 12.6 Å². The quantitative estimate of drug-likeness (QED) is 0.339. The van der Waals surface area contributed by atoms with Crippen molar-refractivity contribution in [3.8, 4) is 0 Å². The van der Waals surface area contributed by atoms with Gasteiger partial charge < -0.3 is 15.2 Å². The van der Waals surface area contributed by atoms with Gasteiger partial charge in [-0.25, -0.2) is 5.84 Å². The van der Waals surface area contributed by atoms with Crippen molar-refractivity contribution in [1.29, 1.82) is 0 Å². The van der Waals surface area contributed by atoms with Gasteiger partial charge in [-0.05, 0) is 10.0 Å². The number of nitrogens with two attached hydrogens (primary N) is 1. The predicted octanol–water partition coefficient (Wildman–Crippen LogP) is -1.50. The largest absolute Gasteiger partial charge is 0.396 e. The molecule has 10 heteroatoms. The lowest BCUT2D eigenvalue weighted by Gasteiger charge is -2.15. The normalized spacial score (nSPS) is 21.7. The van der Waals surface area contributed by atoms with Crippen LogP contribution in [-0.4, -0.2) is 44.9 Å². The van der Waals surface area contributed by atoms with Gasteiger partial charge in [0.25, 0.3) is 0 Å². The van der Waals surface area contributed by atoms with E-state index < -0.39 is 28.4 Å². The summed E-state index contributed by atoms with van der Waals surface area (Å²) >= 11 is 0. The van der Waals surface area contributed by atoms with Gasteiger partial charge in [0.15, 0.2) is 0 Å². The fourth-order valence-electron chi connectivity index (χ4n) is 1.58. The molecule has 0 aliphatic carbocycles. The molecule has 1 unspecified atom stereocenters. The smallest absolute Gasteiger partial charge is 0.345 e. The highest BCUT2D eigenvalue weighted by atomic mass is 16.6. The van der Waals surface area contributed by atoms with Crippen LogP contribution in [-0.2, 0) is 0 Å². The summed E-state index contributed by atoms with van der Waals surface area (Å²) in [4.78, 5) is 20.0. The molecule has 0 aromatic heterocycles. The van der Waals surface area contributed by atoms with E-state index in [1.54, 1.807) is 0 Å². The number of hydrogen-bond acceptors (Lipinski definition) is 8. The Morgan fingerprint density at radius 2 is 2.06 bits per heavy atom. The number of hydrogen-bond donors (Lipinski definition) is 2. The standard InChI is InChI=1S/C6H11N5O5/c1-8-5(10(13)14)4(2-3-12)6(9(8)7)11(15)16/h6,12H,2-3,7H2,1H3. The maximum Gasteiger partial charge on any atom is 0.345 e. The van der Waals surface area contributed by atoms with Gasteiger partial charge in [0.05, 0.1) is 7.05 Å². The zero-order valence-electron chi connectivity index (χ0n) is 8.44. The lowest BCUT2D eigenvalue weighted by molar-refractivity contribution is -0.548. The fourth-order valence-corrected chi connectivity index (χ4v) is 1.58. The highest BCUT2D eigenvalue weighted by Gasteiger charge is 2.50. The van der Waals surface area contributed by atoms with Crippen LogP contribution in [0, 0.1) is 20.2 Å². The number of nitrogens with zero attached hydrogens (tertiary/aromatic N) is 4. The lowest BCUT2D eigenvalue weighted by atomic mass is 10.1. The van der Waals surface area contributed by atoms with Crippen LogP contribution >= 0.6 is 0 Å². The third-order valence-electron chi connectivity index (χ3n) is 2.26. The number of hydrazine groups is 2. The van der Waals surface area contributed by atoms with Crippen LogP contribution in [0.3, 0.4) is 0 Å². The maximum atomic E-state index is 10.7. The Labute approximate surface area is 89.8 Å². The second-order valence-electron chi connectivity index (χ2n) is 3.14. The summed E-state index contributed by atoms with van der Waals surface area (Å²) in [5.74, 6) is 4.90. The topological polar surface area (TPSA) is 139 Å². The van der Waals surface area contributed by atoms with Crippen LogP contribution in [0.5, 0.6) is 0 Å². The second-order valence-corrected chi connectivity index (χ2v) is 3.14. The lowest BCUT2D eigenvalue weighted by Crippen LogP contribution is -2.49. The molecule has 1 rings (SSSR count). The fraction of sp³-hybridized carbons (Fsp3) is 0.667. The highest BCUT2D eigenvalue weighted by Crippen LogP contribution is 2.28. The van der Waals surface area contributed by atoms with Gasteiger partial charge >= 0.3 is 12.0 Å². The Morgan fingerprint density at radius 3 is 2.44 bits per heavy atom. The summed E-state index contributed by atoms with van der Waals surface area (Å²) in [6.45, 7) is -0.418. The monoisotopic (exact) mass is 233 g/mol. The molecule has 1 aliphatic heterocycles. The summed E-state index contributed by atoms with van der Waals surface area (Å²) < 4.78 is 0. The minimum Gasteiger partial charge on any atom is -0.396 e. The predicted molar refractivity (Wildman–Crippen MR) is 50.3 cm³/mol. The van der Waals surface area contributed by atoms with E-state index in [2.05, 4.69) is 0 Å². The minimum atomic E-state index is -1.50. The van der Waals surface area contributed by atoms with E-state index in [4.69, 9.17) is 10.9 Å². The van der Waals surface area contributed by atoms with Crippen molar-refractivity contribution < 1.29 is 15.0 Å². The maximum absolute atomic E-state index is 10.7. The first-order valence-electron chi connectivity index (χ1n) is 4.31. The molecule has 0 saturated carbocycles. The van der Waals surface area contributed by atoms with Crippen LogP contribution in [0.25, 0.3) is 0 Å². The van der Waals surface area contributed by atoms with Crippen molar-refractivity contribution in [2.24, 2.45) is 5.84 Å². The molecule has 0 aromatic carbocycles. The molecule has 0 bridgehead atoms. The van der Waals surface area contributed by atoms with Crippen LogP contribution in [0.1, 0.15) is 6.42 Å². The first-order valence-corrected chi connectivity index (χ1v) is 4.31. The number of aliphatic hydroxyl groups is 1. The molecule has 0 saturated heterocycles. The second kappa shape index (κ2) is 4.38. The summed E-state index contributed by atoms with van der Waals surface area (Å²) in [7, 11) is 1.25. The zero-order valence-corrected chi connectivity index (χ0v) is 8.44. The molecule has 0 radical (unpaired) electrons. The van der Waals surface area contributed by atoms with E-state index in [0.717, 1.165) is 5.01 Å². The molecular weight excluding hydrogens is 222 g/mol. The van der Waals surface area contributed by atoms with Crippen molar-refractivity contribution in [3.05, 3.63) is 31.6 Å². The minimum absolute atomic E-state index is 0.109. The third-order valence-corrected chi connectivity index (χ3v) is 2.26. The first-order chi connectivity index (χ1) is 7.41. The molecule has 10 nitrogen and oxygen atoms in total. The zero-order chi connectivity index (χ0) is 12.5. The van der Waals surface area contributed by atoms with E-state index in [1.165, 1.54) is 7.05 Å². The number of aliphatic hydroxyl groups excluding tert-OH is 1. The van der Waals surface area contributed by atoms with E-state index in [9.17, 15) is 20.2 Å². The molecule has 3 N–H and O–H groups in total. The van der Waals surface area contributed by atoms with Crippen LogP contribution < -0.4 is 5.84 Å². The van der Waals surface area contributed by atoms with Crippen molar-refractivity contribution >= 4 is 0 Å². The molecule has 0 aromatic rings. The average molecular weight is 233 g/mol. The van der Waals surface area contributed by atoms with Gasteiger partial charge in [0.1, 0.15) is 5.57 Å². The van der Waals surface area contributed by atoms with Gasteiger partial charge in [-0.1, -0.05) is 0 Å². The van der Waals surface area contributed by atoms with E-state index in [1.807, 2.05) is 0 Å². The van der Waals surface area contributed by atoms with Gasteiger partial charge in [0, 0.05) is 18.0 Å². The number of nitro groups is 2. The van der Waals surface area contributed by atoms with Crippen LogP contribution in [0.15, 0.2) is 11.4 Å². The SMILES string of the molecule is CN1C([N+](=O)[O-])=C(CCO)C([N+](=O)[O-])N1N. The average Bonchev–Trinajstić information content (AvgIpc) is 2.39. The van der Waals surface area contributed by atoms with Gasteiger partial charge in [-0.3, -0.25) is 10.1 Å². The summed E-state index contributed by atoms with van der Waals surface area (Å²) in [6.07, 6.45) is -1.67. The Morgan fingerprint density at radius 1 is 1.50 bits per heavy atom. The van der Waals surface area contributed by atoms with Gasteiger partial charge in [-0.2, -0.15) is 5.01 Å². The Balaban J connectivity index is 3.21. The molecule has 1 atom stereocenters. The van der Waals surface area contributed by atoms with Gasteiger partial charge in [0.2, 0.25) is 0 Å². The van der Waals surface area contributed by atoms with Crippen LogP contribution in [0.4, 0.5) is 0 Å². The van der Waals surface area contributed by atoms with Crippen LogP contribution in [0.2, 0.25) is 0 Å². The summed E-state index contributed by atoms with van der Waals surface area (Å²) in [6, 6.07) is 0. The molecule has 90 valence electrons. The molecule has 16 heavy (non-hydrogen) atoms. The molecule has 0 fully saturated rings. The summed E-state index contributed by atoms with van der Waals surface area (Å²) in [5, 5.41) is 31.7. The van der Waals surface area contributed by atoms with Crippen molar-refractivity contribution in [1.82, 2.24) is 10.1 Å². The molecule has 1 aliphatic rings. The first kappa shape index (κ1) is 12.3. The van der Waals surface area contributed by atoms with E-state index in [-0.39, 0.29) is 12.0 Å². The molecule has 0 amide bonds.